The van der Waals surface area contributed by atoms with Crippen molar-refractivity contribution in [2.75, 3.05) is 7.11 Å². The molecule has 0 fully saturated rings. The average Bonchev–Trinajstić information content (AvgIpc) is 2.44. The Labute approximate surface area is 121 Å². The first kappa shape index (κ1) is 14.2. The minimum absolute atomic E-state index is 0.0996. The molecule has 0 aliphatic heterocycles. The zero-order chi connectivity index (χ0) is 14.5. The third-order valence-electron chi connectivity index (χ3n) is 2.70. The number of carboxylic acid groups (broad SMARTS) is 1. The summed E-state index contributed by atoms with van der Waals surface area (Å²) >= 11 is 5.89. The summed E-state index contributed by atoms with van der Waals surface area (Å²) < 4.78 is 10.6. The largest absolute Gasteiger partial charge is 0.496 e. The molecule has 0 saturated heterocycles. The summed E-state index contributed by atoms with van der Waals surface area (Å²) in [5, 5.41) is 9.63. The second kappa shape index (κ2) is 6.30. The molecule has 0 radical (unpaired) electrons. The van der Waals surface area contributed by atoms with Crippen molar-refractivity contribution in [3.05, 3.63) is 58.6 Å². The molecule has 0 spiro atoms. The summed E-state index contributed by atoms with van der Waals surface area (Å²) in [4.78, 5) is 11.0. The van der Waals surface area contributed by atoms with Gasteiger partial charge in [0.2, 0.25) is 0 Å². The Kier molecular flexibility index (Phi) is 4.48. The summed E-state index contributed by atoms with van der Waals surface area (Å²) in [6, 6.07) is 11.9. The zero-order valence-electron chi connectivity index (χ0n) is 10.8. The molecule has 20 heavy (non-hydrogen) atoms. The highest BCUT2D eigenvalue weighted by molar-refractivity contribution is 6.30. The van der Waals surface area contributed by atoms with E-state index in [1.165, 1.54) is 13.2 Å². The van der Waals surface area contributed by atoms with Gasteiger partial charge < -0.3 is 14.6 Å². The molecule has 2 rings (SSSR count). The van der Waals surface area contributed by atoms with Crippen LogP contribution in [0.15, 0.2) is 42.5 Å². The molecule has 0 aliphatic carbocycles. The minimum Gasteiger partial charge on any atom is -0.496 e. The normalized spacial score (nSPS) is 10.1. The molecule has 104 valence electrons. The number of hydrogen-bond acceptors (Lipinski definition) is 3. The Morgan fingerprint density at radius 1 is 1.25 bits per heavy atom. The van der Waals surface area contributed by atoms with Crippen molar-refractivity contribution in [3.8, 4) is 11.5 Å². The van der Waals surface area contributed by atoms with Crippen molar-refractivity contribution in [2.24, 2.45) is 0 Å². The van der Waals surface area contributed by atoms with E-state index < -0.39 is 5.97 Å². The van der Waals surface area contributed by atoms with Crippen molar-refractivity contribution in [1.82, 2.24) is 0 Å². The first-order valence-corrected chi connectivity index (χ1v) is 6.26. The summed E-state index contributed by atoms with van der Waals surface area (Å²) in [7, 11) is 1.42. The van der Waals surface area contributed by atoms with Gasteiger partial charge in [-0.15, -0.1) is 0 Å². The number of halogens is 1. The quantitative estimate of drug-likeness (QED) is 0.914. The molecule has 0 heterocycles. The molecule has 0 bridgehead atoms. The molecular formula is C15H13ClO4. The highest BCUT2D eigenvalue weighted by Crippen LogP contribution is 2.25. The second-order valence-corrected chi connectivity index (χ2v) is 4.52. The van der Waals surface area contributed by atoms with E-state index in [0.717, 1.165) is 5.56 Å². The number of ether oxygens (including phenoxy) is 2. The number of methoxy groups -OCH3 is 1. The van der Waals surface area contributed by atoms with Crippen molar-refractivity contribution in [2.45, 2.75) is 6.61 Å². The van der Waals surface area contributed by atoms with E-state index in [9.17, 15) is 4.79 Å². The highest BCUT2D eigenvalue weighted by atomic mass is 35.5. The Morgan fingerprint density at radius 2 is 2.05 bits per heavy atom. The monoisotopic (exact) mass is 292 g/mol. The summed E-state index contributed by atoms with van der Waals surface area (Å²) in [6.45, 7) is 0.343. The summed E-state index contributed by atoms with van der Waals surface area (Å²) in [6.07, 6.45) is 0. The molecule has 4 nitrogen and oxygen atoms in total. The number of rotatable bonds is 5. The van der Waals surface area contributed by atoms with E-state index >= 15 is 0 Å². The first-order chi connectivity index (χ1) is 9.60. The number of carbonyl (C=O) groups is 1. The molecular weight excluding hydrogens is 280 g/mol. The van der Waals surface area contributed by atoms with Gasteiger partial charge in [0.15, 0.2) is 0 Å². The van der Waals surface area contributed by atoms with Crippen LogP contribution in [0.3, 0.4) is 0 Å². The summed E-state index contributed by atoms with van der Waals surface area (Å²) in [5.74, 6) is -0.240. The number of benzene rings is 2. The molecule has 1 N–H and O–H groups in total. The van der Waals surface area contributed by atoms with Crippen LogP contribution in [0.25, 0.3) is 0 Å². The highest BCUT2D eigenvalue weighted by Gasteiger charge is 2.11. The third-order valence-corrected chi connectivity index (χ3v) is 2.93. The number of aromatic carboxylic acids is 1. The first-order valence-electron chi connectivity index (χ1n) is 5.88. The molecule has 2 aromatic rings. The van der Waals surface area contributed by atoms with E-state index in [1.54, 1.807) is 18.2 Å². The smallest absolute Gasteiger partial charge is 0.339 e. The van der Waals surface area contributed by atoms with Crippen LogP contribution in [-0.2, 0) is 6.61 Å². The molecule has 0 aliphatic rings. The van der Waals surface area contributed by atoms with Gasteiger partial charge in [0.1, 0.15) is 23.7 Å². The van der Waals surface area contributed by atoms with Gasteiger partial charge in [-0.1, -0.05) is 23.7 Å². The van der Waals surface area contributed by atoms with Crippen LogP contribution in [0, 0.1) is 0 Å². The van der Waals surface area contributed by atoms with Gasteiger partial charge in [0.25, 0.3) is 0 Å². The van der Waals surface area contributed by atoms with Crippen LogP contribution in [0.1, 0.15) is 15.9 Å². The minimum atomic E-state index is -1.04. The predicted molar refractivity (Wildman–Crippen MR) is 75.7 cm³/mol. The maximum Gasteiger partial charge on any atom is 0.339 e. The van der Waals surface area contributed by atoms with E-state index in [1.807, 2.05) is 18.2 Å². The third kappa shape index (κ3) is 3.42. The topological polar surface area (TPSA) is 55.8 Å². The molecule has 0 amide bonds. The fourth-order valence-electron chi connectivity index (χ4n) is 1.73. The molecule has 0 unspecified atom stereocenters. The lowest BCUT2D eigenvalue weighted by Crippen LogP contribution is -2.01. The summed E-state index contributed by atoms with van der Waals surface area (Å²) in [5.41, 5.74) is 1.03. The Morgan fingerprint density at radius 3 is 2.70 bits per heavy atom. The molecule has 0 atom stereocenters. The van der Waals surface area contributed by atoms with Crippen LogP contribution < -0.4 is 9.47 Å². The van der Waals surface area contributed by atoms with Crippen LogP contribution in [0.2, 0.25) is 5.02 Å². The van der Waals surface area contributed by atoms with Gasteiger partial charge in [-0.25, -0.2) is 4.79 Å². The molecule has 0 aromatic heterocycles. The zero-order valence-corrected chi connectivity index (χ0v) is 11.6. The Bertz CT molecular complexity index is 625. The van der Waals surface area contributed by atoms with Gasteiger partial charge in [-0.3, -0.25) is 0 Å². The lowest BCUT2D eigenvalue weighted by atomic mass is 10.2. The second-order valence-electron chi connectivity index (χ2n) is 4.09. The van der Waals surface area contributed by atoms with Gasteiger partial charge in [-0.05, 0) is 29.8 Å². The van der Waals surface area contributed by atoms with Crippen LogP contribution in [0.4, 0.5) is 0 Å². The van der Waals surface area contributed by atoms with E-state index in [0.29, 0.717) is 17.4 Å². The average molecular weight is 293 g/mol. The van der Waals surface area contributed by atoms with Gasteiger partial charge in [-0.2, -0.15) is 0 Å². The molecule has 0 saturated carbocycles. The Balaban J connectivity index is 2.12. The van der Waals surface area contributed by atoms with Crippen molar-refractivity contribution in [1.29, 1.82) is 0 Å². The number of carboxylic acids is 1. The lowest BCUT2D eigenvalue weighted by molar-refractivity contribution is 0.0693. The van der Waals surface area contributed by atoms with E-state index in [-0.39, 0.29) is 11.3 Å². The van der Waals surface area contributed by atoms with Crippen LogP contribution in [0.5, 0.6) is 11.5 Å². The SMILES string of the molecule is COc1cc(OCc2cccc(Cl)c2)ccc1C(=O)O. The fraction of sp³-hybridized carbons (Fsp3) is 0.133. The standard InChI is InChI=1S/C15H13ClO4/c1-19-14-8-12(5-6-13(14)15(17)18)20-9-10-3-2-4-11(16)7-10/h2-8H,9H2,1H3,(H,17,18). The van der Waals surface area contributed by atoms with Crippen LogP contribution >= 0.6 is 11.6 Å². The maximum absolute atomic E-state index is 11.0. The van der Waals surface area contributed by atoms with Gasteiger partial charge in [0, 0.05) is 11.1 Å². The van der Waals surface area contributed by atoms with Crippen molar-refractivity contribution in [3.63, 3.8) is 0 Å². The molecule has 5 heteroatoms. The molecule has 2 aromatic carbocycles. The van der Waals surface area contributed by atoms with E-state index in [2.05, 4.69) is 0 Å². The number of hydrogen-bond donors (Lipinski definition) is 1. The van der Waals surface area contributed by atoms with Gasteiger partial charge >= 0.3 is 5.97 Å². The fourth-order valence-corrected chi connectivity index (χ4v) is 1.94. The maximum atomic E-state index is 11.0. The Hall–Kier alpha value is -2.20. The lowest BCUT2D eigenvalue weighted by Gasteiger charge is -2.10. The van der Waals surface area contributed by atoms with E-state index in [4.69, 9.17) is 26.2 Å². The predicted octanol–water partition coefficient (Wildman–Crippen LogP) is 3.63. The van der Waals surface area contributed by atoms with Crippen LogP contribution in [-0.4, -0.2) is 18.2 Å². The van der Waals surface area contributed by atoms with Gasteiger partial charge in [0.05, 0.1) is 7.11 Å². The van der Waals surface area contributed by atoms with Crippen molar-refractivity contribution < 1.29 is 19.4 Å². The van der Waals surface area contributed by atoms with Crippen molar-refractivity contribution >= 4 is 17.6 Å².